The SMILES string of the molecule is CCCCn1c(-c2cc(Br)ccc2-c2ccccc2)nc2cc(C(=O)OC)ccc21. The molecule has 0 saturated carbocycles. The Labute approximate surface area is 184 Å². The first-order valence-corrected chi connectivity index (χ1v) is 10.9. The zero-order valence-corrected chi connectivity index (χ0v) is 18.6. The van der Waals surface area contributed by atoms with Crippen molar-refractivity contribution in [1.82, 2.24) is 9.55 Å². The lowest BCUT2D eigenvalue weighted by Gasteiger charge is -2.13. The summed E-state index contributed by atoms with van der Waals surface area (Å²) in [7, 11) is 1.39. The minimum Gasteiger partial charge on any atom is -0.465 e. The molecule has 0 aliphatic heterocycles. The molecule has 3 aromatic carbocycles. The van der Waals surface area contributed by atoms with E-state index >= 15 is 0 Å². The van der Waals surface area contributed by atoms with E-state index in [2.05, 4.69) is 57.8 Å². The summed E-state index contributed by atoms with van der Waals surface area (Å²) in [6, 6.07) is 22.2. The molecule has 0 N–H and O–H groups in total. The lowest BCUT2D eigenvalue weighted by Crippen LogP contribution is -2.02. The number of halogens is 1. The van der Waals surface area contributed by atoms with Gasteiger partial charge in [-0.15, -0.1) is 0 Å². The van der Waals surface area contributed by atoms with Gasteiger partial charge in [-0.1, -0.05) is 65.7 Å². The summed E-state index contributed by atoms with van der Waals surface area (Å²) in [6.45, 7) is 3.04. The van der Waals surface area contributed by atoms with Crippen LogP contribution in [0.1, 0.15) is 30.1 Å². The maximum atomic E-state index is 12.0. The van der Waals surface area contributed by atoms with Crippen molar-refractivity contribution in [3.05, 3.63) is 76.8 Å². The van der Waals surface area contributed by atoms with Crippen molar-refractivity contribution in [2.24, 2.45) is 0 Å². The number of aryl methyl sites for hydroxylation is 1. The number of ether oxygens (including phenoxy) is 1. The van der Waals surface area contributed by atoms with Crippen LogP contribution >= 0.6 is 15.9 Å². The molecule has 1 aromatic heterocycles. The fraction of sp³-hybridized carbons (Fsp3) is 0.200. The molecule has 152 valence electrons. The van der Waals surface area contributed by atoms with E-state index in [9.17, 15) is 4.79 Å². The minimum absolute atomic E-state index is 0.353. The van der Waals surface area contributed by atoms with Crippen LogP contribution in [0.4, 0.5) is 0 Å². The molecule has 4 rings (SSSR count). The number of carbonyl (C=O) groups excluding carboxylic acids is 1. The van der Waals surface area contributed by atoms with Crippen LogP contribution in [0.2, 0.25) is 0 Å². The second-order valence-corrected chi connectivity index (χ2v) is 8.11. The van der Waals surface area contributed by atoms with Crippen LogP contribution in [-0.2, 0) is 11.3 Å². The van der Waals surface area contributed by atoms with Crippen LogP contribution in [0, 0.1) is 0 Å². The summed E-state index contributed by atoms with van der Waals surface area (Å²) < 4.78 is 8.14. The van der Waals surface area contributed by atoms with Gasteiger partial charge in [0, 0.05) is 16.6 Å². The van der Waals surface area contributed by atoms with Crippen molar-refractivity contribution in [3.63, 3.8) is 0 Å². The smallest absolute Gasteiger partial charge is 0.337 e. The van der Waals surface area contributed by atoms with Crippen molar-refractivity contribution in [1.29, 1.82) is 0 Å². The van der Waals surface area contributed by atoms with Crippen LogP contribution in [0.3, 0.4) is 0 Å². The van der Waals surface area contributed by atoms with E-state index in [-0.39, 0.29) is 5.97 Å². The Morgan fingerprint density at radius 1 is 1.03 bits per heavy atom. The van der Waals surface area contributed by atoms with Crippen LogP contribution < -0.4 is 0 Å². The Balaban J connectivity index is 1.96. The molecule has 0 unspecified atom stereocenters. The molecular formula is C25H23BrN2O2. The summed E-state index contributed by atoms with van der Waals surface area (Å²) in [5, 5.41) is 0. The maximum Gasteiger partial charge on any atom is 0.337 e. The third kappa shape index (κ3) is 3.90. The van der Waals surface area contributed by atoms with Gasteiger partial charge in [0.15, 0.2) is 0 Å². The molecule has 0 fully saturated rings. The lowest BCUT2D eigenvalue weighted by atomic mass is 9.99. The van der Waals surface area contributed by atoms with Gasteiger partial charge in [0.1, 0.15) is 5.82 Å². The number of rotatable bonds is 6. The van der Waals surface area contributed by atoms with Crippen LogP contribution in [0.5, 0.6) is 0 Å². The predicted molar refractivity (Wildman–Crippen MR) is 125 cm³/mol. The van der Waals surface area contributed by atoms with Gasteiger partial charge in [0.05, 0.1) is 23.7 Å². The topological polar surface area (TPSA) is 44.1 Å². The van der Waals surface area contributed by atoms with Crippen molar-refractivity contribution >= 4 is 32.9 Å². The second-order valence-electron chi connectivity index (χ2n) is 7.19. The Morgan fingerprint density at radius 2 is 1.83 bits per heavy atom. The number of esters is 1. The number of aromatic nitrogens is 2. The second kappa shape index (κ2) is 8.84. The van der Waals surface area contributed by atoms with Gasteiger partial charge in [0.2, 0.25) is 0 Å². The van der Waals surface area contributed by atoms with E-state index in [1.807, 2.05) is 30.3 Å². The highest BCUT2D eigenvalue weighted by Gasteiger charge is 2.18. The highest BCUT2D eigenvalue weighted by atomic mass is 79.9. The first-order valence-electron chi connectivity index (χ1n) is 10.1. The van der Waals surface area contributed by atoms with E-state index in [0.29, 0.717) is 5.56 Å². The quantitative estimate of drug-likeness (QED) is 0.298. The average molecular weight is 463 g/mol. The van der Waals surface area contributed by atoms with Gasteiger partial charge in [-0.2, -0.15) is 0 Å². The number of carbonyl (C=O) groups is 1. The van der Waals surface area contributed by atoms with Gasteiger partial charge in [-0.05, 0) is 47.9 Å². The highest BCUT2D eigenvalue weighted by molar-refractivity contribution is 9.10. The fourth-order valence-corrected chi connectivity index (χ4v) is 4.05. The summed E-state index contributed by atoms with van der Waals surface area (Å²) in [6.07, 6.45) is 2.13. The molecular weight excluding hydrogens is 440 g/mol. The van der Waals surface area contributed by atoms with Gasteiger partial charge in [0.25, 0.3) is 0 Å². The van der Waals surface area contributed by atoms with Crippen molar-refractivity contribution in [3.8, 4) is 22.5 Å². The number of methoxy groups -OCH3 is 1. The number of hydrogen-bond donors (Lipinski definition) is 0. The predicted octanol–water partition coefficient (Wildman–Crippen LogP) is 6.72. The molecule has 5 heteroatoms. The lowest BCUT2D eigenvalue weighted by molar-refractivity contribution is 0.0601. The Kier molecular flexibility index (Phi) is 6.00. The molecule has 0 aliphatic carbocycles. The van der Waals surface area contributed by atoms with E-state index in [4.69, 9.17) is 9.72 Å². The zero-order chi connectivity index (χ0) is 21.1. The molecule has 4 aromatic rings. The number of fused-ring (bicyclic) bond motifs is 1. The first kappa shape index (κ1) is 20.4. The molecule has 0 spiro atoms. The molecule has 0 radical (unpaired) electrons. The Bertz CT molecular complexity index is 1200. The molecule has 0 saturated heterocycles. The number of nitrogens with zero attached hydrogens (tertiary/aromatic N) is 2. The van der Waals surface area contributed by atoms with Gasteiger partial charge >= 0.3 is 5.97 Å². The van der Waals surface area contributed by atoms with Crippen LogP contribution in [0.25, 0.3) is 33.5 Å². The standard InChI is InChI=1S/C25H23BrN2O2/c1-3-4-14-28-23-13-10-18(25(29)30-2)15-22(23)27-24(28)21-16-19(26)11-12-20(21)17-8-6-5-7-9-17/h5-13,15-16H,3-4,14H2,1-2H3. The third-order valence-electron chi connectivity index (χ3n) is 5.21. The molecule has 0 bridgehead atoms. The number of hydrogen-bond acceptors (Lipinski definition) is 3. The molecule has 0 atom stereocenters. The van der Waals surface area contributed by atoms with E-state index < -0.39 is 0 Å². The van der Waals surface area contributed by atoms with Crippen LogP contribution in [0.15, 0.2) is 71.2 Å². The third-order valence-corrected chi connectivity index (χ3v) is 5.71. The van der Waals surface area contributed by atoms with Crippen molar-refractivity contribution < 1.29 is 9.53 Å². The summed E-state index contributed by atoms with van der Waals surface area (Å²) in [5.74, 6) is 0.551. The number of unbranched alkanes of at least 4 members (excludes halogenated alkanes) is 1. The van der Waals surface area contributed by atoms with Gasteiger partial charge < -0.3 is 9.30 Å². The normalized spacial score (nSPS) is 11.0. The molecule has 30 heavy (non-hydrogen) atoms. The van der Waals surface area contributed by atoms with Crippen molar-refractivity contribution in [2.45, 2.75) is 26.3 Å². The maximum absolute atomic E-state index is 12.0. The van der Waals surface area contributed by atoms with Gasteiger partial charge in [-0.3, -0.25) is 0 Å². The zero-order valence-electron chi connectivity index (χ0n) is 17.1. The average Bonchev–Trinajstić information content (AvgIpc) is 3.15. The molecule has 0 amide bonds. The minimum atomic E-state index is -0.353. The molecule has 0 aliphatic rings. The largest absolute Gasteiger partial charge is 0.465 e. The monoisotopic (exact) mass is 462 g/mol. The summed E-state index contributed by atoms with van der Waals surface area (Å²) >= 11 is 3.63. The van der Waals surface area contributed by atoms with Gasteiger partial charge in [-0.25, -0.2) is 9.78 Å². The Morgan fingerprint density at radius 3 is 2.57 bits per heavy atom. The number of imidazole rings is 1. The van der Waals surface area contributed by atoms with Crippen molar-refractivity contribution in [2.75, 3.05) is 7.11 Å². The first-order chi connectivity index (χ1) is 14.6. The van der Waals surface area contributed by atoms with E-state index in [1.165, 1.54) is 7.11 Å². The van der Waals surface area contributed by atoms with E-state index in [1.54, 1.807) is 6.07 Å². The fourth-order valence-electron chi connectivity index (χ4n) is 3.69. The van der Waals surface area contributed by atoms with Crippen LogP contribution in [-0.4, -0.2) is 22.6 Å². The summed E-state index contributed by atoms with van der Waals surface area (Å²) in [4.78, 5) is 17.0. The van der Waals surface area contributed by atoms with E-state index in [0.717, 1.165) is 57.4 Å². The molecule has 4 nitrogen and oxygen atoms in total. The highest BCUT2D eigenvalue weighted by Crippen LogP contribution is 2.36. The summed E-state index contributed by atoms with van der Waals surface area (Å²) in [5.41, 5.74) is 5.65. The molecule has 1 heterocycles. The Hall–Kier alpha value is -2.92. The number of benzene rings is 3.